The predicted octanol–water partition coefficient (Wildman–Crippen LogP) is 10.6. The predicted molar refractivity (Wildman–Crippen MR) is 182 cm³/mol. The van der Waals surface area contributed by atoms with Gasteiger partial charge in [-0.25, -0.2) is 9.97 Å². The van der Waals surface area contributed by atoms with E-state index < -0.39 is 0 Å². The molecule has 2 unspecified atom stereocenters. The average Bonchev–Trinajstić information content (AvgIpc) is 2.92. The van der Waals surface area contributed by atoms with E-state index in [0.717, 1.165) is 41.5 Å². The van der Waals surface area contributed by atoms with E-state index in [1.165, 1.54) is 53.6 Å². The van der Waals surface area contributed by atoms with Crippen molar-refractivity contribution >= 4 is 24.3 Å². The Bertz CT molecular complexity index is 1200. The highest BCUT2D eigenvalue weighted by Crippen LogP contribution is 2.45. The van der Waals surface area contributed by atoms with Crippen molar-refractivity contribution in [1.82, 2.24) is 9.97 Å². The summed E-state index contributed by atoms with van der Waals surface area (Å²) in [7, 11) is 0. The summed E-state index contributed by atoms with van der Waals surface area (Å²) < 4.78 is 0. The van der Waals surface area contributed by atoms with Crippen molar-refractivity contribution < 1.29 is 0 Å². The number of aromatic nitrogens is 2. The molecule has 0 radical (unpaired) electrons. The molecular weight excluding hydrogens is 520 g/mol. The van der Waals surface area contributed by atoms with Crippen LogP contribution in [0.3, 0.4) is 0 Å². The van der Waals surface area contributed by atoms with Gasteiger partial charge in [0.1, 0.15) is 0 Å². The maximum atomic E-state index is 4.76. The first kappa shape index (κ1) is 34.4. The molecule has 0 N–H and O–H groups in total. The Kier molecular flexibility index (Phi) is 14.5. The van der Waals surface area contributed by atoms with Crippen LogP contribution in [-0.2, 0) is 6.54 Å². The molecule has 0 aliphatic carbocycles. The van der Waals surface area contributed by atoms with Gasteiger partial charge in [0.2, 0.25) is 5.95 Å². The first-order chi connectivity index (χ1) is 19.6. The molecule has 1 aliphatic heterocycles. The van der Waals surface area contributed by atoms with Gasteiger partial charge in [-0.15, -0.1) is 12.6 Å². The first-order valence-corrected chi connectivity index (χ1v) is 15.9. The first-order valence-electron chi connectivity index (χ1n) is 15.5. The van der Waals surface area contributed by atoms with Crippen molar-refractivity contribution in [3.63, 3.8) is 0 Å². The lowest BCUT2D eigenvalue weighted by Gasteiger charge is -2.46. The van der Waals surface area contributed by atoms with Gasteiger partial charge in [-0.3, -0.25) is 0 Å². The van der Waals surface area contributed by atoms with Gasteiger partial charge >= 0.3 is 0 Å². The summed E-state index contributed by atoms with van der Waals surface area (Å²) in [5.41, 5.74) is 8.42. The van der Waals surface area contributed by atoms with Crippen molar-refractivity contribution in [1.29, 1.82) is 0 Å². The number of anilines is 2. The average molecular weight is 575 g/mol. The standard InChI is InChI=1S/C28H34N4S.C5H12.C3H8/c1-7-23-13-27(25-14-24(33)8-9-26(25)32(23)18(2)3)31(28-29-15-21(6)16-30-28)17-22-11-19(4)10-20(5)12-22;1-3-5-4-2;1-3-2/h8-12,14-16,23,27,33H,2,7,13,17H2,1,3-6H3;3-5H2,1-2H3;3H2,1-2H3. The quantitative estimate of drug-likeness (QED) is 0.271. The van der Waals surface area contributed by atoms with Crippen molar-refractivity contribution in [3.05, 3.63) is 88.9 Å². The van der Waals surface area contributed by atoms with Gasteiger partial charge in [-0.05, 0) is 75.4 Å². The molecule has 41 heavy (non-hydrogen) atoms. The highest BCUT2D eigenvalue weighted by atomic mass is 32.1. The summed E-state index contributed by atoms with van der Waals surface area (Å²) in [6.45, 7) is 24.4. The van der Waals surface area contributed by atoms with Crippen LogP contribution < -0.4 is 9.80 Å². The number of nitrogens with zero attached hydrogens (tertiary/aromatic N) is 4. The number of hydrogen-bond acceptors (Lipinski definition) is 5. The number of unbranched alkanes of at least 4 members (excludes halogenated alkanes) is 2. The van der Waals surface area contributed by atoms with Crippen LogP contribution in [0.2, 0.25) is 0 Å². The minimum Gasteiger partial charge on any atom is -0.343 e. The van der Waals surface area contributed by atoms with Crippen molar-refractivity contribution in [2.24, 2.45) is 0 Å². The molecule has 224 valence electrons. The monoisotopic (exact) mass is 574 g/mol. The van der Waals surface area contributed by atoms with Gasteiger partial charge in [0.25, 0.3) is 0 Å². The third kappa shape index (κ3) is 9.92. The Hall–Kier alpha value is -2.79. The normalized spacial score (nSPS) is 15.6. The summed E-state index contributed by atoms with van der Waals surface area (Å²) in [5.74, 6) is 0.763. The number of rotatable bonds is 8. The second-order valence-electron chi connectivity index (χ2n) is 11.4. The van der Waals surface area contributed by atoms with E-state index in [2.05, 4.69) is 108 Å². The maximum Gasteiger partial charge on any atom is 0.226 e. The fourth-order valence-electron chi connectivity index (χ4n) is 5.44. The summed E-state index contributed by atoms with van der Waals surface area (Å²) in [6, 6.07) is 13.7. The second kappa shape index (κ2) is 17.2. The van der Waals surface area contributed by atoms with Gasteiger partial charge < -0.3 is 9.80 Å². The molecule has 0 spiro atoms. The molecule has 2 heterocycles. The van der Waals surface area contributed by atoms with Gasteiger partial charge in [0.15, 0.2) is 0 Å². The summed E-state index contributed by atoms with van der Waals surface area (Å²) in [5, 5.41) is 0. The largest absolute Gasteiger partial charge is 0.343 e. The topological polar surface area (TPSA) is 32.3 Å². The number of hydrogen-bond donors (Lipinski definition) is 1. The molecule has 1 aromatic heterocycles. The third-order valence-corrected chi connectivity index (χ3v) is 7.39. The number of fused-ring (bicyclic) bond motifs is 1. The van der Waals surface area contributed by atoms with Crippen LogP contribution in [0.15, 0.2) is 66.0 Å². The number of aryl methyl sites for hydroxylation is 3. The lowest BCUT2D eigenvalue weighted by atomic mass is 9.88. The van der Waals surface area contributed by atoms with E-state index in [1.54, 1.807) is 0 Å². The lowest BCUT2D eigenvalue weighted by Crippen LogP contribution is -2.44. The summed E-state index contributed by atoms with van der Waals surface area (Å²) >= 11 is 4.69. The number of thiol groups is 1. The second-order valence-corrected chi connectivity index (χ2v) is 11.9. The van der Waals surface area contributed by atoms with E-state index in [1.807, 2.05) is 19.3 Å². The van der Waals surface area contributed by atoms with Crippen LogP contribution in [0.25, 0.3) is 0 Å². The van der Waals surface area contributed by atoms with Crippen molar-refractivity contribution in [2.45, 2.75) is 124 Å². The lowest BCUT2D eigenvalue weighted by molar-refractivity contribution is 0.449. The van der Waals surface area contributed by atoms with E-state index in [-0.39, 0.29) is 6.04 Å². The van der Waals surface area contributed by atoms with Crippen molar-refractivity contribution in [3.8, 4) is 0 Å². The molecular formula is C36H54N4S. The molecule has 2 aromatic carbocycles. The molecule has 0 saturated heterocycles. The molecule has 0 saturated carbocycles. The van der Waals surface area contributed by atoms with Crippen molar-refractivity contribution in [2.75, 3.05) is 9.80 Å². The minimum atomic E-state index is 0.135. The van der Waals surface area contributed by atoms with Crippen LogP contribution in [0, 0.1) is 20.8 Å². The molecule has 2 atom stereocenters. The van der Waals surface area contributed by atoms with Gasteiger partial charge in [0.05, 0.1) is 6.04 Å². The fraction of sp³-hybridized carbons (Fsp3) is 0.500. The third-order valence-electron chi connectivity index (χ3n) is 7.11. The molecule has 0 bridgehead atoms. The van der Waals surface area contributed by atoms with Crippen LogP contribution in [0.4, 0.5) is 11.6 Å². The van der Waals surface area contributed by atoms with E-state index >= 15 is 0 Å². The minimum absolute atomic E-state index is 0.135. The van der Waals surface area contributed by atoms with Crippen LogP contribution >= 0.6 is 12.6 Å². The molecule has 5 heteroatoms. The Balaban J connectivity index is 0.000000653. The molecule has 0 fully saturated rings. The summed E-state index contributed by atoms with van der Waals surface area (Å²) in [6.07, 6.45) is 11.2. The molecule has 0 amide bonds. The molecule has 4 rings (SSSR count). The zero-order valence-electron chi connectivity index (χ0n) is 27.2. The highest BCUT2D eigenvalue weighted by Gasteiger charge is 2.36. The van der Waals surface area contributed by atoms with Crippen LogP contribution in [0.5, 0.6) is 0 Å². The van der Waals surface area contributed by atoms with Gasteiger partial charge in [0, 0.05) is 41.3 Å². The Morgan fingerprint density at radius 2 is 1.51 bits per heavy atom. The number of allylic oxidation sites excluding steroid dienone is 1. The summed E-state index contributed by atoms with van der Waals surface area (Å²) in [4.78, 5) is 15.2. The SMILES string of the molecule is C=C(C)N1c2ccc(S)cc2C(N(Cc2cc(C)cc(C)c2)c2ncc(C)cn2)CC1CC.CCC.CCCCC. The molecule has 3 aromatic rings. The molecule has 1 aliphatic rings. The Morgan fingerprint density at radius 3 is 2.00 bits per heavy atom. The molecule has 4 nitrogen and oxygen atoms in total. The van der Waals surface area contributed by atoms with Crippen LogP contribution in [0.1, 0.15) is 114 Å². The maximum absolute atomic E-state index is 4.76. The van der Waals surface area contributed by atoms with E-state index in [9.17, 15) is 0 Å². The number of benzene rings is 2. The fourth-order valence-corrected chi connectivity index (χ4v) is 5.66. The Morgan fingerprint density at radius 1 is 0.927 bits per heavy atom. The van der Waals surface area contributed by atoms with E-state index in [4.69, 9.17) is 22.6 Å². The van der Waals surface area contributed by atoms with Gasteiger partial charge in [-0.1, -0.05) is 96.2 Å². The van der Waals surface area contributed by atoms with Gasteiger partial charge in [-0.2, -0.15) is 0 Å². The Labute approximate surface area is 256 Å². The highest BCUT2D eigenvalue weighted by molar-refractivity contribution is 7.80. The van der Waals surface area contributed by atoms with Crippen LogP contribution in [-0.4, -0.2) is 16.0 Å². The van der Waals surface area contributed by atoms with E-state index in [0.29, 0.717) is 6.04 Å². The zero-order valence-corrected chi connectivity index (χ0v) is 28.1. The smallest absolute Gasteiger partial charge is 0.226 e. The zero-order chi connectivity index (χ0) is 30.5.